The third-order valence-electron chi connectivity index (χ3n) is 4.05. The molecule has 0 radical (unpaired) electrons. The van der Waals surface area contributed by atoms with Crippen LogP contribution in [0.4, 0.5) is 23.7 Å². The van der Waals surface area contributed by atoms with Crippen molar-refractivity contribution in [3.05, 3.63) is 64.2 Å². The molecule has 1 saturated heterocycles. The Morgan fingerprint density at radius 1 is 1.10 bits per heavy atom. The molecule has 0 unspecified atom stereocenters. The zero-order valence-corrected chi connectivity index (χ0v) is 15.5. The number of nitrogens with zero attached hydrogens (tertiary/aromatic N) is 1. The molecule has 1 aliphatic rings. The van der Waals surface area contributed by atoms with E-state index in [2.05, 4.69) is 0 Å². The summed E-state index contributed by atoms with van der Waals surface area (Å²) >= 11 is 5.94. The maximum Gasteiger partial charge on any atom is 0.416 e. The Balaban J connectivity index is 2.10. The molecule has 2 aromatic carbocycles. The van der Waals surface area contributed by atoms with E-state index in [1.165, 1.54) is 13.2 Å². The maximum absolute atomic E-state index is 13.0. The molecule has 10 heteroatoms. The third kappa shape index (κ3) is 3.95. The molecule has 1 fully saturated rings. The van der Waals surface area contributed by atoms with Crippen molar-refractivity contribution in [2.75, 3.05) is 12.0 Å². The largest absolute Gasteiger partial charge is 0.496 e. The van der Waals surface area contributed by atoms with Crippen LogP contribution in [0.25, 0.3) is 6.08 Å². The van der Waals surface area contributed by atoms with Crippen LogP contribution in [0.15, 0.2) is 48.0 Å². The highest BCUT2D eigenvalue weighted by Gasteiger charge is 2.39. The van der Waals surface area contributed by atoms with Gasteiger partial charge in [0.2, 0.25) is 0 Å². The number of hydrogen-bond donors (Lipinski definition) is 1. The van der Waals surface area contributed by atoms with E-state index >= 15 is 0 Å². The minimum absolute atomic E-state index is 0.271. The highest BCUT2D eigenvalue weighted by atomic mass is 35.5. The van der Waals surface area contributed by atoms with E-state index in [4.69, 9.17) is 16.3 Å². The maximum atomic E-state index is 13.0. The van der Waals surface area contributed by atoms with Gasteiger partial charge >= 0.3 is 12.2 Å². The first kappa shape index (κ1) is 20.4. The van der Waals surface area contributed by atoms with Crippen molar-refractivity contribution < 1.29 is 32.3 Å². The fourth-order valence-corrected chi connectivity index (χ4v) is 2.88. The van der Waals surface area contributed by atoms with Gasteiger partial charge in [0.05, 0.1) is 23.4 Å². The van der Waals surface area contributed by atoms with E-state index in [1.807, 2.05) is 5.32 Å². The summed E-state index contributed by atoms with van der Waals surface area (Å²) in [7, 11) is 1.39. The Kier molecular flexibility index (Phi) is 5.34. The van der Waals surface area contributed by atoms with Crippen molar-refractivity contribution in [3.8, 4) is 5.75 Å². The average Bonchev–Trinajstić information content (AvgIpc) is 2.65. The SMILES string of the molecule is COc1ccccc1/C=C1/C(=O)NC(=O)N(c2cc(C(F)(F)F)ccc2Cl)C1=O. The summed E-state index contributed by atoms with van der Waals surface area (Å²) < 4.78 is 44.3. The highest BCUT2D eigenvalue weighted by molar-refractivity contribution is 6.42. The van der Waals surface area contributed by atoms with Crippen molar-refractivity contribution in [3.63, 3.8) is 0 Å². The Morgan fingerprint density at radius 3 is 2.45 bits per heavy atom. The number of halogens is 4. The summed E-state index contributed by atoms with van der Waals surface area (Å²) in [5, 5.41) is 1.66. The van der Waals surface area contributed by atoms with Crippen molar-refractivity contribution in [2.45, 2.75) is 6.18 Å². The normalized spacial score (nSPS) is 16.2. The number of urea groups is 1. The molecule has 0 atom stereocenters. The van der Waals surface area contributed by atoms with Gasteiger partial charge in [0.1, 0.15) is 11.3 Å². The first-order chi connectivity index (χ1) is 13.6. The quantitative estimate of drug-likeness (QED) is 0.596. The van der Waals surface area contributed by atoms with Crippen molar-refractivity contribution in [1.82, 2.24) is 5.32 Å². The Morgan fingerprint density at radius 2 is 1.79 bits per heavy atom. The Hall–Kier alpha value is -3.33. The summed E-state index contributed by atoms with van der Waals surface area (Å²) in [5.74, 6) is -1.77. The van der Waals surface area contributed by atoms with Crippen LogP contribution in [-0.2, 0) is 15.8 Å². The lowest BCUT2D eigenvalue weighted by Crippen LogP contribution is -2.54. The van der Waals surface area contributed by atoms with Gasteiger partial charge in [-0.25, -0.2) is 9.69 Å². The summed E-state index contributed by atoms with van der Waals surface area (Å²) in [6.45, 7) is 0. The van der Waals surface area contributed by atoms with Gasteiger partial charge in [0, 0.05) is 5.56 Å². The number of carbonyl (C=O) groups is 3. The number of nitrogens with one attached hydrogen (secondary N) is 1. The third-order valence-corrected chi connectivity index (χ3v) is 4.37. The number of methoxy groups -OCH3 is 1. The van der Waals surface area contributed by atoms with Crippen LogP contribution in [0.1, 0.15) is 11.1 Å². The fraction of sp³-hybridized carbons (Fsp3) is 0.105. The molecule has 1 heterocycles. The summed E-state index contributed by atoms with van der Waals surface area (Å²) in [6, 6.07) is 7.44. The number of carbonyl (C=O) groups excluding carboxylic acids is 3. The molecule has 0 bridgehead atoms. The molecule has 0 saturated carbocycles. The number of anilines is 1. The second-order valence-electron chi connectivity index (χ2n) is 5.86. The first-order valence-corrected chi connectivity index (χ1v) is 8.42. The van der Waals surface area contributed by atoms with Gasteiger partial charge in [-0.15, -0.1) is 0 Å². The lowest BCUT2D eigenvalue weighted by Gasteiger charge is -2.27. The van der Waals surface area contributed by atoms with Gasteiger partial charge in [-0.2, -0.15) is 13.2 Å². The summed E-state index contributed by atoms with van der Waals surface area (Å²) in [5.41, 5.74) is -1.72. The molecule has 1 aliphatic heterocycles. The molecule has 0 spiro atoms. The molecule has 150 valence electrons. The number of barbiturate groups is 1. The van der Waals surface area contributed by atoms with Crippen LogP contribution in [0.3, 0.4) is 0 Å². The molecule has 3 rings (SSSR count). The van der Waals surface area contributed by atoms with Gasteiger partial charge in [-0.3, -0.25) is 14.9 Å². The Labute approximate surface area is 167 Å². The van der Waals surface area contributed by atoms with E-state index in [0.29, 0.717) is 22.3 Å². The number of imide groups is 2. The number of hydrogen-bond acceptors (Lipinski definition) is 4. The zero-order valence-electron chi connectivity index (χ0n) is 14.7. The van der Waals surface area contributed by atoms with Crippen LogP contribution in [0.2, 0.25) is 5.02 Å². The predicted molar refractivity (Wildman–Crippen MR) is 98.4 cm³/mol. The molecule has 0 aromatic heterocycles. The second-order valence-corrected chi connectivity index (χ2v) is 6.27. The zero-order chi connectivity index (χ0) is 21.3. The van der Waals surface area contributed by atoms with Gasteiger partial charge in [0.15, 0.2) is 0 Å². The molecular formula is C19H12ClF3N2O4. The summed E-state index contributed by atoms with van der Waals surface area (Å²) in [4.78, 5) is 37.7. The van der Waals surface area contributed by atoms with Gasteiger partial charge in [-0.05, 0) is 30.3 Å². The van der Waals surface area contributed by atoms with Gasteiger partial charge < -0.3 is 4.74 Å². The topological polar surface area (TPSA) is 75.7 Å². The van der Waals surface area contributed by atoms with Crippen molar-refractivity contribution in [1.29, 1.82) is 0 Å². The number of alkyl halides is 3. The molecule has 29 heavy (non-hydrogen) atoms. The number of rotatable bonds is 3. The van der Waals surface area contributed by atoms with E-state index in [-0.39, 0.29) is 5.02 Å². The van der Waals surface area contributed by atoms with Crippen LogP contribution in [0, 0.1) is 0 Å². The van der Waals surface area contributed by atoms with Gasteiger partial charge in [-0.1, -0.05) is 29.8 Å². The molecule has 4 amide bonds. The van der Waals surface area contributed by atoms with E-state index < -0.39 is 40.8 Å². The molecular weight excluding hydrogens is 413 g/mol. The highest BCUT2D eigenvalue weighted by Crippen LogP contribution is 2.36. The van der Waals surface area contributed by atoms with E-state index in [0.717, 1.165) is 12.1 Å². The smallest absolute Gasteiger partial charge is 0.416 e. The van der Waals surface area contributed by atoms with Crippen LogP contribution < -0.4 is 15.0 Å². The molecule has 0 aliphatic carbocycles. The average molecular weight is 425 g/mol. The minimum atomic E-state index is -4.72. The van der Waals surface area contributed by atoms with E-state index in [1.54, 1.807) is 24.3 Å². The predicted octanol–water partition coefficient (Wildman–Crippen LogP) is 4.03. The number of benzene rings is 2. The number of para-hydroxylation sites is 1. The first-order valence-electron chi connectivity index (χ1n) is 8.04. The van der Waals surface area contributed by atoms with Crippen LogP contribution >= 0.6 is 11.6 Å². The van der Waals surface area contributed by atoms with Crippen molar-refractivity contribution in [2.24, 2.45) is 0 Å². The van der Waals surface area contributed by atoms with Crippen molar-refractivity contribution >= 4 is 41.2 Å². The standard InChI is InChI=1S/C19H12ClF3N2O4/c1-29-15-5-3-2-4-10(15)8-12-16(26)24-18(28)25(17(12)27)14-9-11(19(21,22)23)6-7-13(14)20/h2-9H,1H3,(H,24,26,28)/b12-8-. The number of amides is 4. The second kappa shape index (κ2) is 7.59. The van der Waals surface area contributed by atoms with Crippen LogP contribution in [-0.4, -0.2) is 25.0 Å². The summed E-state index contributed by atoms with van der Waals surface area (Å²) in [6.07, 6.45) is -3.54. The lowest BCUT2D eigenvalue weighted by molar-refractivity contribution is -0.137. The Bertz CT molecular complexity index is 1050. The van der Waals surface area contributed by atoms with Gasteiger partial charge in [0.25, 0.3) is 11.8 Å². The molecule has 6 nitrogen and oxygen atoms in total. The van der Waals surface area contributed by atoms with E-state index in [9.17, 15) is 27.6 Å². The number of ether oxygens (including phenoxy) is 1. The minimum Gasteiger partial charge on any atom is -0.496 e. The molecule has 2 aromatic rings. The fourth-order valence-electron chi connectivity index (χ4n) is 2.68. The molecule has 1 N–H and O–H groups in total. The van der Waals surface area contributed by atoms with Crippen LogP contribution in [0.5, 0.6) is 5.75 Å². The lowest BCUT2D eigenvalue weighted by atomic mass is 10.1. The monoisotopic (exact) mass is 424 g/mol.